The number of thioether (sulfide) groups is 1. The molecular formula is C21H26N4O3S2. The lowest BCUT2D eigenvalue weighted by Gasteiger charge is -2.09. The van der Waals surface area contributed by atoms with Crippen LogP contribution in [0, 0.1) is 0 Å². The van der Waals surface area contributed by atoms with Gasteiger partial charge in [-0.25, -0.2) is 18.5 Å². The fourth-order valence-electron chi connectivity index (χ4n) is 3.10. The third-order valence-corrected chi connectivity index (χ3v) is 6.59. The van der Waals surface area contributed by atoms with Crippen molar-refractivity contribution in [2.45, 2.75) is 49.7 Å². The van der Waals surface area contributed by atoms with Crippen LogP contribution in [-0.2, 0) is 27.8 Å². The fourth-order valence-corrected chi connectivity index (χ4v) is 4.48. The molecule has 0 bridgehead atoms. The minimum atomic E-state index is -3.80. The molecule has 0 spiro atoms. The van der Waals surface area contributed by atoms with Gasteiger partial charge in [0.15, 0.2) is 5.16 Å². The van der Waals surface area contributed by atoms with Gasteiger partial charge in [0.1, 0.15) is 0 Å². The van der Waals surface area contributed by atoms with Crippen molar-refractivity contribution in [2.24, 2.45) is 5.14 Å². The quantitative estimate of drug-likeness (QED) is 0.487. The van der Waals surface area contributed by atoms with Gasteiger partial charge in [-0.1, -0.05) is 44.2 Å². The van der Waals surface area contributed by atoms with Crippen LogP contribution in [0.5, 0.6) is 0 Å². The van der Waals surface area contributed by atoms with E-state index in [1.165, 1.54) is 23.9 Å². The zero-order valence-electron chi connectivity index (χ0n) is 17.1. The first-order chi connectivity index (χ1) is 14.3. The normalized spacial score (nSPS) is 11.7. The number of unbranched alkanes of at least 4 members (excludes halogenated alkanes) is 1. The highest BCUT2D eigenvalue weighted by Gasteiger charge is 2.16. The highest BCUT2D eigenvalue weighted by Crippen LogP contribution is 2.27. The van der Waals surface area contributed by atoms with E-state index in [1.54, 1.807) is 6.07 Å². The van der Waals surface area contributed by atoms with E-state index in [2.05, 4.69) is 24.1 Å². The van der Waals surface area contributed by atoms with Crippen LogP contribution in [0.25, 0.3) is 11.0 Å². The second-order valence-electron chi connectivity index (χ2n) is 6.99. The Morgan fingerprint density at radius 2 is 2.00 bits per heavy atom. The van der Waals surface area contributed by atoms with E-state index in [1.807, 2.05) is 28.8 Å². The average molecular weight is 447 g/mol. The number of rotatable bonds is 9. The van der Waals surface area contributed by atoms with Gasteiger partial charge in [-0.15, -0.1) is 0 Å². The molecule has 0 aliphatic rings. The van der Waals surface area contributed by atoms with Crippen molar-refractivity contribution in [3.05, 3.63) is 48.0 Å². The second kappa shape index (κ2) is 9.63. The number of amides is 1. The lowest BCUT2D eigenvalue weighted by molar-refractivity contribution is -0.113. The van der Waals surface area contributed by atoms with Gasteiger partial charge >= 0.3 is 0 Å². The number of nitrogens with one attached hydrogen (secondary N) is 1. The number of sulfonamides is 1. The van der Waals surface area contributed by atoms with E-state index >= 15 is 0 Å². The molecule has 3 N–H and O–H groups in total. The highest BCUT2D eigenvalue weighted by atomic mass is 32.2. The predicted octanol–water partition coefficient (Wildman–Crippen LogP) is 3.78. The van der Waals surface area contributed by atoms with Gasteiger partial charge in [0.2, 0.25) is 15.9 Å². The molecule has 0 saturated heterocycles. The van der Waals surface area contributed by atoms with E-state index < -0.39 is 10.0 Å². The van der Waals surface area contributed by atoms with Crippen LogP contribution >= 0.6 is 11.8 Å². The van der Waals surface area contributed by atoms with Crippen molar-refractivity contribution in [3.63, 3.8) is 0 Å². The van der Waals surface area contributed by atoms with E-state index in [-0.39, 0.29) is 16.6 Å². The van der Waals surface area contributed by atoms with Crippen LogP contribution < -0.4 is 10.5 Å². The van der Waals surface area contributed by atoms with Gasteiger partial charge < -0.3 is 9.88 Å². The van der Waals surface area contributed by atoms with E-state index in [0.29, 0.717) is 10.7 Å². The van der Waals surface area contributed by atoms with Crippen LogP contribution in [0.3, 0.4) is 0 Å². The Morgan fingerprint density at radius 1 is 1.20 bits per heavy atom. The largest absolute Gasteiger partial charge is 0.325 e. The maximum atomic E-state index is 12.4. The van der Waals surface area contributed by atoms with Gasteiger partial charge in [0.25, 0.3) is 0 Å². The third kappa shape index (κ3) is 5.41. The van der Waals surface area contributed by atoms with Gasteiger partial charge in [0, 0.05) is 12.2 Å². The minimum Gasteiger partial charge on any atom is -0.325 e. The number of carbonyl (C=O) groups is 1. The Labute approximate surface area is 181 Å². The lowest BCUT2D eigenvalue weighted by atomic mass is 10.1. The van der Waals surface area contributed by atoms with Crippen molar-refractivity contribution in [2.75, 3.05) is 11.1 Å². The number of fused-ring (bicyclic) bond motifs is 1. The van der Waals surface area contributed by atoms with Crippen molar-refractivity contribution in [1.82, 2.24) is 9.55 Å². The third-order valence-electron chi connectivity index (χ3n) is 4.70. The molecular weight excluding hydrogens is 420 g/mol. The molecule has 7 nitrogen and oxygen atoms in total. The number of imidazole rings is 1. The number of hydrogen-bond acceptors (Lipinski definition) is 5. The summed E-state index contributed by atoms with van der Waals surface area (Å²) in [7, 11) is -3.80. The Balaban J connectivity index is 1.80. The summed E-state index contributed by atoms with van der Waals surface area (Å²) in [5.74, 6) is 0.0842. The first-order valence-electron chi connectivity index (χ1n) is 9.86. The molecule has 3 aromatic rings. The number of primary sulfonamides is 1. The molecule has 2 aromatic carbocycles. The van der Waals surface area contributed by atoms with Gasteiger partial charge in [-0.2, -0.15) is 0 Å². The van der Waals surface area contributed by atoms with Crippen LogP contribution in [0.2, 0.25) is 0 Å². The summed E-state index contributed by atoms with van der Waals surface area (Å²) in [6, 6.07) is 12.5. The number of aromatic nitrogens is 2. The predicted molar refractivity (Wildman–Crippen MR) is 121 cm³/mol. The number of carbonyl (C=O) groups excluding carboxylic acids is 1. The molecule has 1 aromatic heterocycles. The van der Waals surface area contributed by atoms with Crippen molar-refractivity contribution < 1.29 is 13.2 Å². The molecule has 0 aliphatic heterocycles. The zero-order chi connectivity index (χ0) is 21.7. The molecule has 160 valence electrons. The smallest absolute Gasteiger partial charge is 0.238 e. The molecule has 3 rings (SSSR count). The number of hydrogen-bond donors (Lipinski definition) is 2. The number of aryl methyl sites for hydroxylation is 2. The average Bonchev–Trinajstić information content (AvgIpc) is 3.07. The lowest BCUT2D eigenvalue weighted by Crippen LogP contribution is -2.14. The van der Waals surface area contributed by atoms with Gasteiger partial charge in [0.05, 0.1) is 21.7 Å². The van der Waals surface area contributed by atoms with Crippen LogP contribution in [-0.4, -0.2) is 29.6 Å². The summed E-state index contributed by atoms with van der Waals surface area (Å²) in [4.78, 5) is 17.0. The van der Waals surface area contributed by atoms with Gasteiger partial charge in [-0.3, -0.25) is 4.79 Å². The Hall–Kier alpha value is -2.36. The van der Waals surface area contributed by atoms with E-state index in [0.717, 1.165) is 42.6 Å². The standard InChI is InChI=1S/C21H26N4O3S2/c1-3-5-11-25-19-10-9-17(30(22,27)28)13-18(19)24-21(25)29-14-20(26)23-16-8-6-7-15(4-2)12-16/h6-10,12-13H,3-5,11,14H2,1-2H3,(H,23,26)(H2,22,27,28). The second-order valence-corrected chi connectivity index (χ2v) is 9.49. The highest BCUT2D eigenvalue weighted by molar-refractivity contribution is 7.99. The summed E-state index contributed by atoms with van der Waals surface area (Å²) in [5, 5.41) is 8.85. The summed E-state index contributed by atoms with van der Waals surface area (Å²) in [6.45, 7) is 4.91. The number of anilines is 1. The van der Waals surface area contributed by atoms with Crippen LogP contribution in [0.4, 0.5) is 5.69 Å². The molecule has 0 unspecified atom stereocenters. The fraction of sp³-hybridized carbons (Fsp3) is 0.333. The Bertz CT molecular complexity index is 1160. The molecule has 0 aliphatic carbocycles. The molecule has 30 heavy (non-hydrogen) atoms. The minimum absolute atomic E-state index is 0.0280. The summed E-state index contributed by atoms with van der Waals surface area (Å²) < 4.78 is 25.3. The number of nitrogens with two attached hydrogens (primary N) is 1. The number of nitrogens with zero attached hydrogens (tertiary/aromatic N) is 2. The van der Waals surface area contributed by atoms with Crippen molar-refractivity contribution in [1.29, 1.82) is 0 Å². The molecule has 0 atom stereocenters. The molecule has 1 heterocycles. The zero-order valence-corrected chi connectivity index (χ0v) is 18.7. The van der Waals surface area contributed by atoms with Crippen LogP contribution in [0.1, 0.15) is 32.3 Å². The van der Waals surface area contributed by atoms with E-state index in [4.69, 9.17) is 5.14 Å². The first-order valence-corrected chi connectivity index (χ1v) is 12.4. The van der Waals surface area contributed by atoms with Crippen molar-refractivity contribution >= 4 is 44.4 Å². The topological polar surface area (TPSA) is 107 Å². The number of benzene rings is 2. The Kier molecular flexibility index (Phi) is 7.17. The summed E-state index contributed by atoms with van der Waals surface area (Å²) in [5.41, 5.74) is 3.32. The molecule has 1 amide bonds. The molecule has 0 fully saturated rings. The van der Waals surface area contributed by atoms with E-state index in [9.17, 15) is 13.2 Å². The SMILES string of the molecule is CCCCn1c(SCC(=O)Nc2cccc(CC)c2)nc2cc(S(N)(=O)=O)ccc21. The van der Waals surface area contributed by atoms with Gasteiger partial charge in [-0.05, 0) is 48.7 Å². The van der Waals surface area contributed by atoms with Crippen LogP contribution in [0.15, 0.2) is 52.5 Å². The monoisotopic (exact) mass is 446 g/mol. The summed E-state index contributed by atoms with van der Waals surface area (Å²) >= 11 is 1.33. The Morgan fingerprint density at radius 3 is 2.70 bits per heavy atom. The van der Waals surface area contributed by atoms with Crippen molar-refractivity contribution in [3.8, 4) is 0 Å². The molecule has 0 radical (unpaired) electrons. The summed E-state index contributed by atoms with van der Waals surface area (Å²) in [6.07, 6.45) is 2.86. The maximum absolute atomic E-state index is 12.4. The first kappa shape index (κ1) is 22.3. The maximum Gasteiger partial charge on any atom is 0.238 e. The molecule has 9 heteroatoms. The molecule has 0 saturated carbocycles.